The zero-order valence-corrected chi connectivity index (χ0v) is 18.1. The van der Waals surface area contributed by atoms with Crippen LogP contribution >= 0.6 is 27.5 Å². The van der Waals surface area contributed by atoms with E-state index in [1.165, 1.54) is 12.0 Å². The molecule has 0 spiro atoms. The van der Waals surface area contributed by atoms with E-state index in [0.717, 1.165) is 15.6 Å². The predicted molar refractivity (Wildman–Crippen MR) is 110 cm³/mol. The van der Waals surface area contributed by atoms with Gasteiger partial charge in [0.15, 0.2) is 0 Å². The summed E-state index contributed by atoms with van der Waals surface area (Å²) in [5.74, 6) is -0.454. The van der Waals surface area contributed by atoms with E-state index in [2.05, 4.69) is 15.9 Å². The molecule has 27 heavy (non-hydrogen) atoms. The third-order valence-electron chi connectivity index (χ3n) is 3.88. The van der Waals surface area contributed by atoms with Crippen LogP contribution in [0.1, 0.15) is 32.8 Å². The van der Waals surface area contributed by atoms with Gasteiger partial charge in [-0.2, -0.15) is 0 Å². The highest BCUT2D eigenvalue weighted by atomic mass is 79.9. The highest BCUT2D eigenvalue weighted by molar-refractivity contribution is 9.10. The van der Waals surface area contributed by atoms with Crippen molar-refractivity contribution in [2.45, 2.75) is 38.8 Å². The van der Waals surface area contributed by atoms with Crippen molar-refractivity contribution in [1.29, 1.82) is 0 Å². The zero-order valence-electron chi connectivity index (χ0n) is 15.8. The Morgan fingerprint density at radius 2 is 2.04 bits per heavy atom. The van der Waals surface area contributed by atoms with E-state index in [-0.39, 0.29) is 0 Å². The molecule has 2 rings (SSSR count). The number of halogens is 2. The molecule has 1 heterocycles. The maximum atomic E-state index is 12.4. The first-order chi connectivity index (χ1) is 12.6. The van der Waals surface area contributed by atoms with Crippen molar-refractivity contribution >= 4 is 45.7 Å². The van der Waals surface area contributed by atoms with Gasteiger partial charge >= 0.3 is 12.1 Å². The molecule has 1 aromatic rings. The van der Waals surface area contributed by atoms with Gasteiger partial charge < -0.3 is 9.47 Å². The van der Waals surface area contributed by atoms with E-state index in [9.17, 15) is 9.59 Å². The van der Waals surface area contributed by atoms with Crippen LogP contribution < -0.4 is 0 Å². The zero-order chi connectivity index (χ0) is 20.2. The smallest absolute Gasteiger partial charge is 0.411 e. The number of amides is 1. The molecule has 0 bridgehead atoms. The Morgan fingerprint density at radius 1 is 1.33 bits per heavy atom. The van der Waals surface area contributed by atoms with Gasteiger partial charge in [-0.05, 0) is 44.0 Å². The molecule has 0 N–H and O–H groups in total. The van der Waals surface area contributed by atoms with Crippen LogP contribution in [0.25, 0.3) is 6.08 Å². The molecule has 1 aliphatic heterocycles. The van der Waals surface area contributed by atoms with Gasteiger partial charge in [-0.25, -0.2) is 9.59 Å². The second kappa shape index (κ2) is 8.93. The maximum Gasteiger partial charge on any atom is 0.411 e. The number of allylic oxidation sites excluding steroid dienone is 2. The second-order valence-corrected chi connectivity index (χ2v) is 8.52. The number of methoxy groups -OCH3 is 1. The van der Waals surface area contributed by atoms with E-state index in [4.69, 9.17) is 21.1 Å². The monoisotopic (exact) mass is 455 g/mol. The summed E-state index contributed by atoms with van der Waals surface area (Å²) in [5.41, 5.74) is 1.17. The Hall–Kier alpha value is -1.79. The molecular weight excluding hydrogens is 434 g/mol. The minimum Gasteiger partial charge on any atom is -0.467 e. The number of likely N-dealkylation sites (tertiary alicyclic amines) is 1. The lowest BCUT2D eigenvalue weighted by atomic mass is 10.1. The van der Waals surface area contributed by atoms with Crippen LogP contribution in [0.3, 0.4) is 0 Å². The maximum absolute atomic E-state index is 12.4. The average molecular weight is 457 g/mol. The highest BCUT2D eigenvalue weighted by Gasteiger charge is 2.39. The van der Waals surface area contributed by atoms with Crippen LogP contribution in [-0.2, 0) is 14.3 Å². The highest BCUT2D eigenvalue weighted by Crippen LogP contribution is 2.27. The van der Waals surface area contributed by atoms with Gasteiger partial charge in [-0.3, -0.25) is 4.90 Å². The summed E-state index contributed by atoms with van der Waals surface area (Å²) in [4.78, 5) is 25.9. The standard InChI is InChI=1S/C20H23BrClNO4/c1-20(2,3)27-19(25)23-12-13(10-17(23)18(24)26-4)6-5-7-14-8-9-15(21)11-16(14)22/h5-9,11,17H,10,12H2,1-4H3/t17-/m0/s1. The average Bonchev–Trinajstić information content (AvgIpc) is 2.99. The third-order valence-corrected chi connectivity index (χ3v) is 4.70. The molecule has 1 aliphatic rings. The summed E-state index contributed by atoms with van der Waals surface area (Å²) in [5, 5.41) is 0.633. The lowest BCUT2D eigenvalue weighted by Crippen LogP contribution is -2.43. The molecule has 5 nitrogen and oxygen atoms in total. The van der Waals surface area contributed by atoms with E-state index < -0.39 is 23.7 Å². The fourth-order valence-corrected chi connectivity index (χ4v) is 3.39. The van der Waals surface area contributed by atoms with Crippen LogP contribution in [0.5, 0.6) is 0 Å². The van der Waals surface area contributed by atoms with Gasteiger partial charge in [-0.15, -0.1) is 0 Å². The van der Waals surface area contributed by atoms with Crippen LogP contribution in [-0.4, -0.2) is 42.3 Å². The van der Waals surface area contributed by atoms with Crippen LogP contribution in [0.15, 0.2) is 40.4 Å². The lowest BCUT2D eigenvalue weighted by Gasteiger charge is -2.27. The normalized spacial score (nSPS) is 19.0. The molecule has 1 aromatic carbocycles. The van der Waals surface area contributed by atoms with Crippen LogP contribution in [0, 0.1) is 0 Å². The van der Waals surface area contributed by atoms with Gasteiger partial charge in [0.25, 0.3) is 0 Å². The Morgan fingerprint density at radius 3 is 2.63 bits per heavy atom. The number of hydrogen-bond donors (Lipinski definition) is 0. The van der Waals surface area contributed by atoms with Crippen molar-refractivity contribution in [3.8, 4) is 0 Å². The number of hydrogen-bond acceptors (Lipinski definition) is 4. The molecule has 0 radical (unpaired) electrons. The number of carbonyl (C=O) groups excluding carboxylic acids is 2. The summed E-state index contributed by atoms with van der Waals surface area (Å²) >= 11 is 9.57. The van der Waals surface area contributed by atoms with Crippen molar-refractivity contribution in [2.75, 3.05) is 13.7 Å². The van der Waals surface area contributed by atoms with Gasteiger partial charge in [0.2, 0.25) is 0 Å². The number of ether oxygens (including phenoxy) is 2. The first-order valence-corrected chi connectivity index (χ1v) is 9.66. The minimum atomic E-state index is -0.680. The second-order valence-electron chi connectivity index (χ2n) is 7.20. The minimum absolute atomic E-state index is 0.313. The van der Waals surface area contributed by atoms with E-state index in [0.29, 0.717) is 18.0 Å². The summed E-state index contributed by atoms with van der Waals surface area (Å²) in [7, 11) is 1.31. The van der Waals surface area contributed by atoms with Crippen molar-refractivity contribution in [2.24, 2.45) is 0 Å². The van der Waals surface area contributed by atoms with E-state index >= 15 is 0 Å². The summed E-state index contributed by atoms with van der Waals surface area (Å²) in [6.45, 7) is 5.67. The van der Waals surface area contributed by atoms with Gasteiger partial charge in [0.1, 0.15) is 11.6 Å². The van der Waals surface area contributed by atoms with Crippen molar-refractivity contribution in [1.82, 2.24) is 4.90 Å². The molecule has 1 amide bonds. The summed E-state index contributed by atoms with van der Waals surface area (Å²) < 4.78 is 11.2. The van der Waals surface area contributed by atoms with E-state index in [1.54, 1.807) is 20.8 Å². The molecule has 1 fully saturated rings. The van der Waals surface area contributed by atoms with Crippen LogP contribution in [0.2, 0.25) is 5.02 Å². The topological polar surface area (TPSA) is 55.8 Å². The van der Waals surface area contributed by atoms with E-state index in [1.807, 2.05) is 36.4 Å². The van der Waals surface area contributed by atoms with Gasteiger partial charge in [0, 0.05) is 22.5 Å². The quantitative estimate of drug-likeness (QED) is 0.585. The number of nitrogens with zero attached hydrogens (tertiary/aromatic N) is 1. The molecule has 0 aromatic heterocycles. The van der Waals surface area contributed by atoms with Gasteiger partial charge in [-0.1, -0.05) is 51.8 Å². The number of esters is 1. The first kappa shape index (κ1) is 21.5. The molecule has 0 unspecified atom stereocenters. The molecule has 1 atom stereocenters. The van der Waals surface area contributed by atoms with Gasteiger partial charge in [0.05, 0.1) is 7.11 Å². The van der Waals surface area contributed by atoms with Crippen molar-refractivity contribution in [3.05, 3.63) is 51.0 Å². The largest absolute Gasteiger partial charge is 0.467 e. The number of rotatable bonds is 3. The predicted octanol–water partition coefficient (Wildman–Crippen LogP) is 5.22. The Bertz CT molecular complexity index is 783. The first-order valence-electron chi connectivity index (χ1n) is 8.49. The van der Waals surface area contributed by atoms with Crippen molar-refractivity contribution in [3.63, 3.8) is 0 Å². The third kappa shape index (κ3) is 6.11. The summed E-state index contributed by atoms with van der Waals surface area (Å²) in [6, 6.07) is 4.95. The number of carbonyl (C=O) groups is 2. The number of benzene rings is 1. The molecule has 7 heteroatoms. The lowest BCUT2D eigenvalue weighted by molar-refractivity contribution is -0.145. The fourth-order valence-electron chi connectivity index (χ4n) is 2.66. The Labute approximate surface area is 173 Å². The molecular formula is C20H23BrClNO4. The Kier molecular flexibility index (Phi) is 7.12. The van der Waals surface area contributed by atoms with Crippen LogP contribution in [0.4, 0.5) is 4.79 Å². The summed E-state index contributed by atoms with van der Waals surface area (Å²) in [6.07, 6.45) is 5.51. The van der Waals surface area contributed by atoms with Crippen molar-refractivity contribution < 1.29 is 19.1 Å². The molecule has 1 saturated heterocycles. The fraction of sp³-hybridized carbons (Fsp3) is 0.400. The molecule has 0 saturated carbocycles. The molecule has 146 valence electrons. The Balaban J connectivity index is 2.16. The SMILES string of the molecule is COC(=O)[C@@H]1CC(=CC=Cc2ccc(Br)cc2Cl)CN1C(=O)OC(C)(C)C. The molecule has 0 aliphatic carbocycles.